The van der Waals surface area contributed by atoms with Crippen molar-refractivity contribution in [1.29, 1.82) is 0 Å². The summed E-state index contributed by atoms with van der Waals surface area (Å²) in [5, 5.41) is 0. The topological polar surface area (TPSA) is 47.9 Å². The summed E-state index contributed by atoms with van der Waals surface area (Å²) >= 11 is 0. The quantitative estimate of drug-likeness (QED) is 0.640. The Labute approximate surface area is 132 Å². The van der Waals surface area contributed by atoms with Crippen LogP contribution in [0.3, 0.4) is 0 Å². The van der Waals surface area contributed by atoms with E-state index < -0.39 is 11.8 Å². The first-order chi connectivity index (χ1) is 11.2. The number of carbonyl (C=O) groups excluding carboxylic acids is 1. The van der Waals surface area contributed by atoms with Gasteiger partial charge in [-0.3, -0.25) is 0 Å². The van der Waals surface area contributed by atoms with Gasteiger partial charge in [-0.25, -0.2) is 14.2 Å². The van der Waals surface area contributed by atoms with Crippen LogP contribution in [0, 0.1) is 5.82 Å². The van der Waals surface area contributed by atoms with Crippen molar-refractivity contribution in [1.82, 2.24) is 0 Å². The molecule has 5 heteroatoms. The second kappa shape index (κ2) is 6.44. The maximum atomic E-state index is 13.7. The molecule has 0 aromatic heterocycles. The maximum absolute atomic E-state index is 13.7. The Morgan fingerprint density at radius 2 is 1.91 bits per heavy atom. The van der Waals surface area contributed by atoms with E-state index in [1.807, 2.05) is 19.1 Å². The van der Waals surface area contributed by atoms with Gasteiger partial charge in [0.25, 0.3) is 0 Å². The van der Waals surface area contributed by atoms with Gasteiger partial charge >= 0.3 is 5.97 Å². The molecule has 0 spiro atoms. The standard InChI is InChI=1S/C18H14FNO3/c1-2-22-13-9-7-12(8-10-13)11-16-18(21)23-17(20-16)14-5-3-4-6-15(14)19/h3-11H,2H2,1H3/b16-11-. The number of nitrogens with zero attached hydrogens (tertiary/aromatic N) is 1. The Kier molecular flexibility index (Phi) is 4.19. The summed E-state index contributed by atoms with van der Waals surface area (Å²) in [5.74, 6) is -0.358. The van der Waals surface area contributed by atoms with Gasteiger partial charge < -0.3 is 9.47 Å². The maximum Gasteiger partial charge on any atom is 0.363 e. The zero-order valence-electron chi connectivity index (χ0n) is 12.5. The van der Waals surface area contributed by atoms with E-state index in [2.05, 4.69) is 4.99 Å². The highest BCUT2D eigenvalue weighted by molar-refractivity contribution is 6.12. The van der Waals surface area contributed by atoms with Gasteiger partial charge in [0.2, 0.25) is 5.90 Å². The number of cyclic esters (lactones) is 1. The van der Waals surface area contributed by atoms with Gasteiger partial charge in [-0.15, -0.1) is 0 Å². The van der Waals surface area contributed by atoms with Gasteiger partial charge in [0.1, 0.15) is 11.6 Å². The summed E-state index contributed by atoms with van der Waals surface area (Å²) in [5.41, 5.74) is 1.07. The van der Waals surface area contributed by atoms with Crippen LogP contribution in [0.4, 0.5) is 4.39 Å². The van der Waals surface area contributed by atoms with Gasteiger partial charge in [0.05, 0.1) is 12.2 Å². The lowest BCUT2D eigenvalue weighted by atomic mass is 10.2. The van der Waals surface area contributed by atoms with E-state index in [0.717, 1.165) is 11.3 Å². The Morgan fingerprint density at radius 3 is 2.61 bits per heavy atom. The molecule has 0 unspecified atom stereocenters. The lowest BCUT2D eigenvalue weighted by molar-refractivity contribution is -0.129. The fourth-order valence-electron chi connectivity index (χ4n) is 2.14. The Balaban J connectivity index is 1.87. The van der Waals surface area contributed by atoms with Gasteiger partial charge in [-0.2, -0.15) is 0 Å². The van der Waals surface area contributed by atoms with E-state index in [9.17, 15) is 9.18 Å². The molecule has 0 saturated heterocycles. The van der Waals surface area contributed by atoms with E-state index in [0.29, 0.717) is 6.61 Å². The number of hydrogen-bond donors (Lipinski definition) is 0. The molecule has 0 atom stereocenters. The highest BCUT2D eigenvalue weighted by Gasteiger charge is 2.25. The summed E-state index contributed by atoms with van der Waals surface area (Å²) < 4.78 is 24.1. The van der Waals surface area contributed by atoms with Gasteiger partial charge in [0.15, 0.2) is 5.70 Å². The molecule has 2 aromatic rings. The van der Waals surface area contributed by atoms with Crippen LogP contribution in [0.2, 0.25) is 0 Å². The molecule has 0 bridgehead atoms. The Bertz CT molecular complexity index is 794. The van der Waals surface area contributed by atoms with Crippen molar-refractivity contribution in [2.75, 3.05) is 6.61 Å². The fraction of sp³-hybridized carbons (Fsp3) is 0.111. The van der Waals surface area contributed by atoms with Gasteiger partial charge in [-0.1, -0.05) is 24.3 Å². The molecular weight excluding hydrogens is 297 g/mol. The van der Waals surface area contributed by atoms with E-state index in [-0.39, 0.29) is 17.2 Å². The van der Waals surface area contributed by atoms with Crippen LogP contribution < -0.4 is 4.74 Å². The Hall–Kier alpha value is -2.95. The van der Waals surface area contributed by atoms with Crippen LogP contribution in [0.25, 0.3) is 6.08 Å². The number of benzene rings is 2. The molecule has 1 aliphatic rings. The summed E-state index contributed by atoms with van der Waals surface area (Å²) in [6.45, 7) is 2.49. The molecule has 0 radical (unpaired) electrons. The first-order valence-corrected chi connectivity index (χ1v) is 7.17. The van der Waals surface area contributed by atoms with E-state index in [1.54, 1.807) is 30.3 Å². The van der Waals surface area contributed by atoms with Crippen LogP contribution in [0.1, 0.15) is 18.1 Å². The molecule has 116 valence electrons. The van der Waals surface area contributed by atoms with Gasteiger partial charge in [0, 0.05) is 0 Å². The lowest BCUT2D eigenvalue weighted by Gasteiger charge is -2.02. The molecule has 0 aliphatic carbocycles. The smallest absolute Gasteiger partial charge is 0.363 e. The molecule has 0 fully saturated rings. The second-order valence-electron chi connectivity index (χ2n) is 4.82. The van der Waals surface area contributed by atoms with Crippen LogP contribution in [-0.4, -0.2) is 18.5 Å². The number of ether oxygens (including phenoxy) is 2. The Morgan fingerprint density at radius 1 is 1.17 bits per heavy atom. The monoisotopic (exact) mass is 311 g/mol. The first kappa shape index (κ1) is 15.0. The SMILES string of the molecule is CCOc1ccc(/C=C2\N=C(c3ccccc3F)OC2=O)cc1. The van der Waals surface area contributed by atoms with Crippen molar-refractivity contribution in [3.63, 3.8) is 0 Å². The van der Waals surface area contributed by atoms with Crippen molar-refractivity contribution in [3.8, 4) is 5.75 Å². The van der Waals surface area contributed by atoms with Gasteiger partial charge in [-0.05, 0) is 42.8 Å². The number of aliphatic imine (C=N–C) groups is 1. The van der Waals surface area contributed by atoms with Crippen molar-refractivity contribution in [2.45, 2.75) is 6.92 Å². The summed E-state index contributed by atoms with van der Waals surface area (Å²) in [6, 6.07) is 13.2. The highest BCUT2D eigenvalue weighted by Crippen LogP contribution is 2.21. The van der Waals surface area contributed by atoms with E-state index in [4.69, 9.17) is 9.47 Å². The van der Waals surface area contributed by atoms with E-state index >= 15 is 0 Å². The van der Waals surface area contributed by atoms with Crippen LogP contribution in [0.15, 0.2) is 59.2 Å². The first-order valence-electron chi connectivity index (χ1n) is 7.17. The number of carbonyl (C=O) groups is 1. The third-order valence-electron chi connectivity index (χ3n) is 3.22. The molecule has 0 N–H and O–H groups in total. The number of hydrogen-bond acceptors (Lipinski definition) is 4. The average molecular weight is 311 g/mol. The largest absolute Gasteiger partial charge is 0.494 e. The predicted molar refractivity (Wildman–Crippen MR) is 84.6 cm³/mol. The minimum Gasteiger partial charge on any atom is -0.494 e. The van der Waals surface area contributed by atoms with E-state index in [1.165, 1.54) is 12.1 Å². The van der Waals surface area contributed by atoms with Crippen LogP contribution in [0.5, 0.6) is 5.75 Å². The lowest BCUT2D eigenvalue weighted by Crippen LogP contribution is -2.07. The number of rotatable bonds is 4. The summed E-state index contributed by atoms with van der Waals surface area (Å²) in [7, 11) is 0. The molecule has 0 saturated carbocycles. The highest BCUT2D eigenvalue weighted by atomic mass is 19.1. The predicted octanol–water partition coefficient (Wildman–Crippen LogP) is 3.57. The number of esters is 1. The van der Waals surface area contributed by atoms with Crippen molar-refractivity contribution in [3.05, 3.63) is 71.2 Å². The third-order valence-corrected chi connectivity index (χ3v) is 3.22. The molecule has 1 heterocycles. The molecule has 23 heavy (non-hydrogen) atoms. The third kappa shape index (κ3) is 3.29. The van der Waals surface area contributed by atoms with Crippen molar-refractivity contribution < 1.29 is 18.7 Å². The molecule has 0 amide bonds. The van der Waals surface area contributed by atoms with Crippen molar-refractivity contribution in [2.24, 2.45) is 4.99 Å². The van der Waals surface area contributed by atoms with Crippen LogP contribution >= 0.6 is 0 Å². The number of halogens is 1. The summed E-state index contributed by atoms with van der Waals surface area (Å²) in [6.07, 6.45) is 1.59. The molecule has 4 nitrogen and oxygen atoms in total. The normalized spacial score (nSPS) is 15.5. The molecule has 3 rings (SSSR count). The van der Waals surface area contributed by atoms with Crippen LogP contribution in [-0.2, 0) is 9.53 Å². The fourth-order valence-corrected chi connectivity index (χ4v) is 2.14. The molecular formula is C18H14FNO3. The summed E-state index contributed by atoms with van der Waals surface area (Å²) in [4.78, 5) is 16.0. The minimum absolute atomic E-state index is 0.0229. The molecule has 1 aliphatic heterocycles. The zero-order chi connectivity index (χ0) is 16.2. The second-order valence-corrected chi connectivity index (χ2v) is 4.82. The average Bonchev–Trinajstić information content (AvgIpc) is 2.91. The molecule has 2 aromatic carbocycles. The zero-order valence-corrected chi connectivity index (χ0v) is 12.5. The van der Waals surface area contributed by atoms with Crippen molar-refractivity contribution >= 4 is 17.9 Å². The minimum atomic E-state index is -0.600.